The Labute approximate surface area is 103 Å². The number of ether oxygens (including phenoxy) is 1. The Morgan fingerprint density at radius 1 is 1.24 bits per heavy atom. The van der Waals surface area contributed by atoms with E-state index in [0.717, 1.165) is 26.1 Å². The van der Waals surface area contributed by atoms with Crippen molar-refractivity contribution >= 4 is 0 Å². The maximum Gasteiger partial charge on any atom is 0.123 e. The van der Waals surface area contributed by atoms with Gasteiger partial charge in [-0.1, -0.05) is 26.0 Å². The molecule has 0 bridgehead atoms. The molecule has 0 saturated heterocycles. The minimum atomic E-state index is -0.176. The molecule has 1 N–H and O–H groups in total. The number of halogens is 1. The third-order valence-electron chi connectivity index (χ3n) is 2.68. The van der Waals surface area contributed by atoms with E-state index < -0.39 is 0 Å². The predicted molar refractivity (Wildman–Crippen MR) is 68.6 cm³/mol. The molecule has 0 radical (unpaired) electrons. The topological polar surface area (TPSA) is 21.3 Å². The second kappa shape index (κ2) is 6.72. The molecule has 2 nitrogen and oxygen atoms in total. The van der Waals surface area contributed by atoms with Crippen LogP contribution in [-0.2, 0) is 11.2 Å². The van der Waals surface area contributed by atoms with Gasteiger partial charge in [0, 0.05) is 20.2 Å². The van der Waals surface area contributed by atoms with Crippen LogP contribution in [0, 0.1) is 11.2 Å². The average Bonchev–Trinajstić information content (AvgIpc) is 2.27. The van der Waals surface area contributed by atoms with Gasteiger partial charge in [0.05, 0.1) is 6.61 Å². The van der Waals surface area contributed by atoms with E-state index in [-0.39, 0.29) is 11.2 Å². The molecule has 0 spiro atoms. The Morgan fingerprint density at radius 2 is 1.88 bits per heavy atom. The minimum absolute atomic E-state index is 0.158. The summed E-state index contributed by atoms with van der Waals surface area (Å²) < 4.78 is 17.8. The molecular weight excluding hydrogens is 217 g/mol. The van der Waals surface area contributed by atoms with Crippen molar-refractivity contribution in [1.82, 2.24) is 5.32 Å². The molecule has 1 aromatic rings. The molecule has 1 rings (SSSR count). The molecule has 17 heavy (non-hydrogen) atoms. The molecule has 0 aromatic heterocycles. The highest BCUT2D eigenvalue weighted by atomic mass is 19.1. The summed E-state index contributed by atoms with van der Waals surface area (Å²) in [6, 6.07) is 6.74. The fourth-order valence-electron chi connectivity index (χ4n) is 1.82. The maximum absolute atomic E-state index is 12.8. The van der Waals surface area contributed by atoms with Crippen LogP contribution in [0.15, 0.2) is 24.3 Å². The van der Waals surface area contributed by atoms with E-state index in [4.69, 9.17) is 4.74 Å². The van der Waals surface area contributed by atoms with Gasteiger partial charge in [-0.3, -0.25) is 0 Å². The van der Waals surface area contributed by atoms with Crippen LogP contribution in [0.1, 0.15) is 19.4 Å². The predicted octanol–water partition coefficient (Wildman–Crippen LogP) is 2.63. The van der Waals surface area contributed by atoms with E-state index in [1.807, 2.05) is 12.1 Å². The van der Waals surface area contributed by atoms with Crippen LogP contribution in [0.4, 0.5) is 4.39 Å². The summed E-state index contributed by atoms with van der Waals surface area (Å²) in [5, 5.41) is 3.36. The van der Waals surface area contributed by atoms with Crippen molar-refractivity contribution in [2.75, 3.05) is 26.8 Å². The van der Waals surface area contributed by atoms with E-state index in [1.54, 1.807) is 7.11 Å². The molecule has 0 aliphatic heterocycles. The summed E-state index contributed by atoms with van der Waals surface area (Å²) in [6.07, 6.45) is 0.938. The monoisotopic (exact) mass is 239 g/mol. The van der Waals surface area contributed by atoms with Crippen molar-refractivity contribution < 1.29 is 9.13 Å². The summed E-state index contributed by atoms with van der Waals surface area (Å²) >= 11 is 0. The zero-order chi connectivity index (χ0) is 12.7. The zero-order valence-electron chi connectivity index (χ0n) is 10.9. The quantitative estimate of drug-likeness (QED) is 0.739. The first kappa shape index (κ1) is 14.1. The van der Waals surface area contributed by atoms with Crippen molar-refractivity contribution in [2.45, 2.75) is 20.3 Å². The van der Waals surface area contributed by atoms with Gasteiger partial charge < -0.3 is 10.1 Å². The van der Waals surface area contributed by atoms with Crippen LogP contribution in [0.5, 0.6) is 0 Å². The molecule has 96 valence electrons. The van der Waals surface area contributed by atoms with Crippen molar-refractivity contribution in [1.29, 1.82) is 0 Å². The van der Waals surface area contributed by atoms with Crippen LogP contribution in [0.3, 0.4) is 0 Å². The van der Waals surface area contributed by atoms with Gasteiger partial charge in [-0.2, -0.15) is 0 Å². The van der Waals surface area contributed by atoms with Crippen molar-refractivity contribution in [3.63, 3.8) is 0 Å². The van der Waals surface area contributed by atoms with Crippen LogP contribution >= 0.6 is 0 Å². The Hall–Kier alpha value is -0.930. The summed E-state index contributed by atoms with van der Waals surface area (Å²) in [7, 11) is 1.70. The highest BCUT2D eigenvalue weighted by Crippen LogP contribution is 2.20. The number of hydrogen-bond donors (Lipinski definition) is 1. The molecule has 0 aliphatic carbocycles. The van der Waals surface area contributed by atoms with E-state index in [1.165, 1.54) is 17.7 Å². The lowest BCUT2D eigenvalue weighted by atomic mass is 9.85. The van der Waals surface area contributed by atoms with Gasteiger partial charge in [0.15, 0.2) is 0 Å². The lowest BCUT2D eigenvalue weighted by Gasteiger charge is -2.25. The lowest BCUT2D eigenvalue weighted by Crippen LogP contribution is -2.33. The molecule has 1 aromatic carbocycles. The third-order valence-corrected chi connectivity index (χ3v) is 2.68. The fraction of sp³-hybridized carbons (Fsp3) is 0.571. The Balaban J connectivity index is 2.40. The number of nitrogens with one attached hydrogen (secondary N) is 1. The first-order chi connectivity index (χ1) is 8.03. The Kier molecular flexibility index (Phi) is 5.59. The Bertz CT molecular complexity index is 321. The zero-order valence-corrected chi connectivity index (χ0v) is 10.9. The van der Waals surface area contributed by atoms with Gasteiger partial charge in [0.1, 0.15) is 5.82 Å². The number of methoxy groups -OCH3 is 1. The molecule has 0 aliphatic rings. The first-order valence-corrected chi connectivity index (χ1v) is 5.98. The number of rotatable bonds is 7. The summed E-state index contributed by atoms with van der Waals surface area (Å²) in [5.74, 6) is -0.176. The highest BCUT2D eigenvalue weighted by molar-refractivity contribution is 5.17. The van der Waals surface area contributed by atoms with Crippen LogP contribution in [-0.4, -0.2) is 26.8 Å². The summed E-state index contributed by atoms with van der Waals surface area (Å²) in [4.78, 5) is 0. The van der Waals surface area contributed by atoms with E-state index in [2.05, 4.69) is 19.2 Å². The molecule has 3 heteroatoms. The van der Waals surface area contributed by atoms with Crippen LogP contribution < -0.4 is 5.32 Å². The highest BCUT2D eigenvalue weighted by Gasteiger charge is 2.17. The molecule has 0 fully saturated rings. The molecular formula is C14H22FNO. The van der Waals surface area contributed by atoms with Crippen molar-refractivity contribution in [3.05, 3.63) is 35.6 Å². The summed E-state index contributed by atoms with van der Waals surface area (Å²) in [6.45, 7) is 6.93. The minimum Gasteiger partial charge on any atom is -0.383 e. The number of hydrogen-bond acceptors (Lipinski definition) is 2. The van der Waals surface area contributed by atoms with Gasteiger partial charge in [-0.25, -0.2) is 4.39 Å². The maximum atomic E-state index is 12.8. The largest absolute Gasteiger partial charge is 0.383 e. The van der Waals surface area contributed by atoms with Crippen LogP contribution in [0.2, 0.25) is 0 Å². The SMILES string of the molecule is COCCNCC(C)(C)Cc1ccc(F)cc1. The first-order valence-electron chi connectivity index (χ1n) is 5.98. The van der Waals surface area contributed by atoms with Gasteiger partial charge in [0.2, 0.25) is 0 Å². The second-order valence-electron chi connectivity index (χ2n) is 5.14. The smallest absolute Gasteiger partial charge is 0.123 e. The molecule has 0 heterocycles. The van der Waals surface area contributed by atoms with E-state index >= 15 is 0 Å². The van der Waals surface area contributed by atoms with Gasteiger partial charge in [-0.05, 0) is 29.5 Å². The normalized spacial score (nSPS) is 11.8. The van der Waals surface area contributed by atoms with E-state index in [9.17, 15) is 4.39 Å². The van der Waals surface area contributed by atoms with Gasteiger partial charge in [0.25, 0.3) is 0 Å². The van der Waals surface area contributed by atoms with Crippen molar-refractivity contribution in [3.8, 4) is 0 Å². The standard InChI is InChI=1S/C14H22FNO/c1-14(2,11-16-8-9-17-3)10-12-4-6-13(15)7-5-12/h4-7,16H,8-11H2,1-3H3. The van der Waals surface area contributed by atoms with Gasteiger partial charge in [-0.15, -0.1) is 0 Å². The second-order valence-corrected chi connectivity index (χ2v) is 5.14. The van der Waals surface area contributed by atoms with Gasteiger partial charge >= 0.3 is 0 Å². The third kappa shape index (κ3) is 5.80. The Morgan fingerprint density at radius 3 is 2.47 bits per heavy atom. The fourth-order valence-corrected chi connectivity index (χ4v) is 1.82. The summed E-state index contributed by atoms with van der Waals surface area (Å²) in [5.41, 5.74) is 1.33. The van der Waals surface area contributed by atoms with Crippen LogP contribution in [0.25, 0.3) is 0 Å². The lowest BCUT2D eigenvalue weighted by molar-refractivity contribution is 0.194. The molecule has 0 saturated carbocycles. The molecule has 0 unspecified atom stereocenters. The molecule has 0 atom stereocenters. The molecule has 0 amide bonds. The van der Waals surface area contributed by atoms with Crippen molar-refractivity contribution in [2.24, 2.45) is 5.41 Å². The average molecular weight is 239 g/mol. The number of benzene rings is 1. The van der Waals surface area contributed by atoms with E-state index in [0.29, 0.717) is 0 Å².